The zero-order valence-corrected chi connectivity index (χ0v) is 18.3. The van der Waals surface area contributed by atoms with E-state index in [1.807, 2.05) is 0 Å². The Hall–Kier alpha value is -2.73. The number of aryl methyl sites for hydroxylation is 1. The SMILES string of the molecule is Cc1ccc(S(=O)(=O)Nc2cc(Br)c(F)cc2Oc2c(F)cc(C(F)(F)F)cc2F)cc1. The molecule has 0 saturated carbocycles. The lowest BCUT2D eigenvalue weighted by atomic mass is 10.2. The number of sulfonamides is 1. The summed E-state index contributed by atoms with van der Waals surface area (Å²) in [5.74, 6) is -6.36. The van der Waals surface area contributed by atoms with Crippen LogP contribution >= 0.6 is 15.9 Å². The Morgan fingerprint density at radius 1 is 0.906 bits per heavy atom. The molecule has 0 heterocycles. The van der Waals surface area contributed by atoms with Crippen molar-refractivity contribution in [1.29, 1.82) is 0 Å². The van der Waals surface area contributed by atoms with Gasteiger partial charge in [-0.1, -0.05) is 17.7 Å². The topological polar surface area (TPSA) is 55.4 Å². The molecule has 0 aliphatic heterocycles. The van der Waals surface area contributed by atoms with Gasteiger partial charge in [-0.15, -0.1) is 0 Å². The van der Waals surface area contributed by atoms with E-state index >= 15 is 0 Å². The van der Waals surface area contributed by atoms with E-state index in [9.17, 15) is 34.8 Å². The first-order chi connectivity index (χ1) is 14.8. The number of halogens is 7. The number of alkyl halides is 3. The third-order valence-electron chi connectivity index (χ3n) is 4.14. The van der Waals surface area contributed by atoms with Crippen LogP contribution in [0.5, 0.6) is 11.5 Å². The van der Waals surface area contributed by atoms with Crippen LogP contribution in [-0.2, 0) is 16.2 Å². The quantitative estimate of drug-likeness (QED) is 0.363. The predicted octanol–water partition coefficient (Wildman–Crippen LogP) is 6.79. The normalized spacial score (nSPS) is 12.0. The van der Waals surface area contributed by atoms with E-state index in [-0.39, 0.29) is 21.5 Å². The molecule has 0 fully saturated rings. The Kier molecular flexibility index (Phi) is 6.47. The third kappa shape index (κ3) is 5.18. The van der Waals surface area contributed by atoms with Crippen LogP contribution < -0.4 is 9.46 Å². The summed E-state index contributed by atoms with van der Waals surface area (Å²) < 4.78 is 113. The minimum absolute atomic E-state index is 0.00374. The molecule has 3 rings (SSSR count). The van der Waals surface area contributed by atoms with Gasteiger partial charge < -0.3 is 4.74 Å². The van der Waals surface area contributed by atoms with Gasteiger partial charge in [0.1, 0.15) is 5.82 Å². The molecule has 12 heteroatoms. The Bertz CT molecular complexity index is 1250. The van der Waals surface area contributed by atoms with Crippen molar-refractivity contribution in [2.24, 2.45) is 0 Å². The van der Waals surface area contributed by atoms with Crippen LogP contribution in [0.3, 0.4) is 0 Å². The molecule has 4 nitrogen and oxygen atoms in total. The Balaban J connectivity index is 2.04. The van der Waals surface area contributed by atoms with Gasteiger partial charge >= 0.3 is 6.18 Å². The van der Waals surface area contributed by atoms with Gasteiger partial charge in [-0.2, -0.15) is 13.2 Å². The molecule has 3 aromatic rings. The Morgan fingerprint density at radius 3 is 2.00 bits per heavy atom. The second-order valence-corrected chi connectivity index (χ2v) is 9.09. The van der Waals surface area contributed by atoms with E-state index in [1.54, 1.807) is 6.92 Å². The maximum Gasteiger partial charge on any atom is 0.416 e. The average Bonchev–Trinajstić information content (AvgIpc) is 2.67. The Labute approximate surface area is 187 Å². The smallest absolute Gasteiger partial charge is 0.416 e. The number of nitrogens with one attached hydrogen (secondary N) is 1. The van der Waals surface area contributed by atoms with E-state index in [1.165, 1.54) is 24.3 Å². The first-order valence-electron chi connectivity index (χ1n) is 8.60. The standard InChI is InChI=1S/C20H12BrF6NO3S/c1-10-2-4-12(5-3-10)32(29,30)28-17-8-13(21)14(22)9-18(17)31-19-15(23)6-11(7-16(19)24)20(25,26)27/h2-9,28H,1H3. The molecule has 0 amide bonds. The summed E-state index contributed by atoms with van der Waals surface area (Å²) in [6.07, 6.45) is -5.02. The molecule has 32 heavy (non-hydrogen) atoms. The highest BCUT2D eigenvalue weighted by atomic mass is 79.9. The minimum Gasteiger partial charge on any atom is -0.449 e. The van der Waals surface area contributed by atoms with Gasteiger partial charge in [-0.3, -0.25) is 4.72 Å². The maximum absolute atomic E-state index is 14.2. The average molecular weight is 540 g/mol. The van der Waals surface area contributed by atoms with Crippen molar-refractivity contribution in [3.05, 3.63) is 81.6 Å². The molecule has 1 N–H and O–H groups in total. The van der Waals surface area contributed by atoms with Crippen LogP contribution in [0.2, 0.25) is 0 Å². The van der Waals surface area contributed by atoms with Crippen molar-refractivity contribution < 1.29 is 39.5 Å². The molecule has 0 aliphatic carbocycles. The van der Waals surface area contributed by atoms with Crippen molar-refractivity contribution in [3.63, 3.8) is 0 Å². The van der Waals surface area contributed by atoms with E-state index in [0.29, 0.717) is 6.07 Å². The molecule has 0 atom stereocenters. The zero-order valence-electron chi connectivity index (χ0n) is 15.9. The lowest BCUT2D eigenvalue weighted by Crippen LogP contribution is -2.14. The summed E-state index contributed by atoms with van der Waals surface area (Å²) in [4.78, 5) is -0.165. The van der Waals surface area contributed by atoms with E-state index in [4.69, 9.17) is 4.74 Å². The fourth-order valence-corrected chi connectivity index (χ4v) is 3.95. The minimum atomic E-state index is -5.02. The summed E-state index contributed by atoms with van der Waals surface area (Å²) in [6, 6.07) is 7.22. The third-order valence-corrected chi connectivity index (χ3v) is 6.12. The number of ether oxygens (including phenoxy) is 1. The molecule has 170 valence electrons. The zero-order chi connectivity index (χ0) is 23.8. The van der Waals surface area contributed by atoms with E-state index in [2.05, 4.69) is 20.7 Å². The van der Waals surface area contributed by atoms with Crippen molar-refractivity contribution in [1.82, 2.24) is 0 Å². The van der Waals surface area contributed by atoms with Crippen molar-refractivity contribution in [2.45, 2.75) is 18.0 Å². The molecular formula is C20H12BrF6NO3S. The summed E-state index contributed by atoms with van der Waals surface area (Å²) in [7, 11) is -4.23. The number of rotatable bonds is 5. The van der Waals surface area contributed by atoms with Crippen molar-refractivity contribution in [2.75, 3.05) is 4.72 Å². The molecule has 0 radical (unpaired) electrons. The van der Waals surface area contributed by atoms with Gasteiger partial charge in [0.25, 0.3) is 10.0 Å². The van der Waals surface area contributed by atoms with Crippen molar-refractivity contribution in [3.8, 4) is 11.5 Å². The Morgan fingerprint density at radius 2 is 1.47 bits per heavy atom. The van der Waals surface area contributed by atoms with Crippen LogP contribution in [0.1, 0.15) is 11.1 Å². The summed E-state index contributed by atoms with van der Waals surface area (Å²) in [6.45, 7) is 1.74. The summed E-state index contributed by atoms with van der Waals surface area (Å²) in [5, 5.41) is 0. The molecule has 0 saturated heterocycles. The lowest BCUT2D eigenvalue weighted by molar-refractivity contribution is -0.138. The van der Waals surface area contributed by atoms with Crippen LogP contribution in [0.15, 0.2) is 57.9 Å². The predicted molar refractivity (Wildman–Crippen MR) is 108 cm³/mol. The maximum atomic E-state index is 14.2. The first-order valence-corrected chi connectivity index (χ1v) is 10.9. The van der Waals surface area contributed by atoms with Crippen molar-refractivity contribution >= 4 is 31.6 Å². The van der Waals surface area contributed by atoms with Gasteiger partial charge in [0.2, 0.25) is 0 Å². The largest absolute Gasteiger partial charge is 0.449 e. The summed E-state index contributed by atoms with van der Waals surface area (Å²) in [5.41, 5.74) is -1.23. The molecule has 0 aliphatic rings. The molecule has 0 spiro atoms. The molecule has 0 bridgehead atoms. The van der Waals surface area contributed by atoms with Gasteiger partial charge in [-0.25, -0.2) is 21.6 Å². The first kappa shape index (κ1) is 23.9. The van der Waals surface area contributed by atoms with Gasteiger partial charge in [-0.05, 0) is 53.2 Å². The second kappa shape index (κ2) is 8.66. The highest BCUT2D eigenvalue weighted by molar-refractivity contribution is 9.10. The fraction of sp³-hybridized carbons (Fsp3) is 0.100. The van der Waals surface area contributed by atoms with Crippen LogP contribution in [0.25, 0.3) is 0 Å². The molecule has 0 aromatic heterocycles. The van der Waals surface area contributed by atoms with Crippen LogP contribution in [0.4, 0.5) is 32.0 Å². The lowest BCUT2D eigenvalue weighted by Gasteiger charge is -2.16. The second-order valence-electron chi connectivity index (χ2n) is 6.55. The number of hydrogen-bond donors (Lipinski definition) is 1. The highest BCUT2D eigenvalue weighted by Crippen LogP contribution is 2.39. The molecule has 3 aromatic carbocycles. The van der Waals surface area contributed by atoms with Crippen LogP contribution in [-0.4, -0.2) is 8.42 Å². The van der Waals surface area contributed by atoms with Crippen LogP contribution in [0, 0.1) is 24.4 Å². The fourth-order valence-electron chi connectivity index (χ4n) is 2.54. The monoisotopic (exact) mass is 539 g/mol. The molecule has 0 unspecified atom stereocenters. The number of anilines is 1. The highest BCUT2D eigenvalue weighted by Gasteiger charge is 2.33. The van der Waals surface area contributed by atoms with E-state index < -0.39 is 56.4 Å². The van der Waals surface area contributed by atoms with E-state index in [0.717, 1.165) is 11.6 Å². The van der Waals surface area contributed by atoms with Gasteiger partial charge in [0.05, 0.1) is 20.6 Å². The van der Waals surface area contributed by atoms with Gasteiger partial charge in [0, 0.05) is 6.07 Å². The number of benzene rings is 3. The number of hydrogen-bond acceptors (Lipinski definition) is 3. The summed E-state index contributed by atoms with van der Waals surface area (Å²) >= 11 is 2.86. The van der Waals surface area contributed by atoms with Gasteiger partial charge in [0.15, 0.2) is 23.1 Å². The molecular weight excluding hydrogens is 528 g/mol.